The topological polar surface area (TPSA) is 67.2 Å². The van der Waals surface area contributed by atoms with Crippen LogP contribution in [0.5, 0.6) is 0 Å². The molecule has 18 heavy (non-hydrogen) atoms. The molecular formula is C14H21N3O. The summed E-state index contributed by atoms with van der Waals surface area (Å²) >= 11 is 0. The summed E-state index contributed by atoms with van der Waals surface area (Å²) in [6.45, 7) is 5.03. The predicted octanol–water partition coefficient (Wildman–Crippen LogP) is 2.26. The minimum absolute atomic E-state index is 0.194. The first-order valence-electron chi connectivity index (χ1n) is 6.13. The Bertz CT molecular complexity index is 427. The second-order valence-corrected chi connectivity index (χ2v) is 4.20. The van der Waals surface area contributed by atoms with Gasteiger partial charge < -0.3 is 16.4 Å². The minimum Gasteiger partial charge on any atom is -0.334 e. The molecule has 4 nitrogen and oxygen atoms in total. The van der Waals surface area contributed by atoms with Crippen LogP contribution in [0.2, 0.25) is 0 Å². The normalized spacial score (nSPS) is 11.2. The van der Waals surface area contributed by atoms with Crippen LogP contribution < -0.4 is 16.4 Å². The molecular weight excluding hydrogens is 226 g/mol. The number of urea groups is 1. The Hall–Kier alpha value is -1.81. The fraction of sp³-hybridized carbons (Fsp3) is 0.357. The third-order valence-corrected chi connectivity index (χ3v) is 2.69. The van der Waals surface area contributed by atoms with E-state index in [1.54, 1.807) is 6.20 Å². The van der Waals surface area contributed by atoms with E-state index in [9.17, 15) is 4.79 Å². The molecule has 2 amide bonds. The lowest BCUT2D eigenvalue weighted by Crippen LogP contribution is -2.31. The molecule has 98 valence electrons. The molecule has 0 saturated carbocycles. The quantitative estimate of drug-likeness (QED) is 0.747. The molecule has 1 aromatic carbocycles. The largest absolute Gasteiger partial charge is 0.334 e. The van der Waals surface area contributed by atoms with Crippen LogP contribution in [-0.4, -0.2) is 6.03 Å². The van der Waals surface area contributed by atoms with Gasteiger partial charge in [-0.1, -0.05) is 36.8 Å². The lowest BCUT2D eigenvalue weighted by atomic mass is 10.1. The van der Waals surface area contributed by atoms with Crippen molar-refractivity contribution in [2.75, 3.05) is 0 Å². The Kier molecular flexibility index (Phi) is 5.94. The summed E-state index contributed by atoms with van der Waals surface area (Å²) in [5.74, 6) is 0. The zero-order valence-corrected chi connectivity index (χ0v) is 11.0. The van der Waals surface area contributed by atoms with Crippen molar-refractivity contribution in [2.24, 2.45) is 5.73 Å². The van der Waals surface area contributed by atoms with Crippen molar-refractivity contribution in [1.29, 1.82) is 0 Å². The number of rotatable bonds is 5. The molecule has 0 atom stereocenters. The molecule has 0 heterocycles. The van der Waals surface area contributed by atoms with Gasteiger partial charge in [0, 0.05) is 19.3 Å². The third-order valence-electron chi connectivity index (χ3n) is 2.69. The van der Waals surface area contributed by atoms with Gasteiger partial charge in [0.05, 0.1) is 0 Å². The first-order chi connectivity index (χ1) is 8.65. The van der Waals surface area contributed by atoms with Crippen LogP contribution in [0.15, 0.2) is 36.0 Å². The highest BCUT2D eigenvalue weighted by atomic mass is 16.2. The Morgan fingerprint density at radius 2 is 2.11 bits per heavy atom. The second-order valence-electron chi connectivity index (χ2n) is 4.20. The Morgan fingerprint density at radius 3 is 2.78 bits per heavy atom. The smallest absolute Gasteiger partial charge is 0.319 e. The van der Waals surface area contributed by atoms with Gasteiger partial charge in [0.2, 0.25) is 0 Å². The standard InChI is InChI=1S/C14H21N3O/c1-3-11(2)9-16-14(18)17-10-13-6-4-5-12(7-13)8-15/h4-7,9H,3,8,10,15H2,1-2H3,(H2,16,17,18)/b11-9+. The molecule has 0 saturated heterocycles. The highest BCUT2D eigenvalue weighted by molar-refractivity contribution is 5.74. The second kappa shape index (κ2) is 7.50. The van der Waals surface area contributed by atoms with Crippen LogP contribution in [0.4, 0.5) is 4.79 Å². The Labute approximate surface area is 108 Å². The van der Waals surface area contributed by atoms with Crippen molar-refractivity contribution in [3.63, 3.8) is 0 Å². The van der Waals surface area contributed by atoms with Gasteiger partial charge in [0.15, 0.2) is 0 Å². The Morgan fingerprint density at radius 1 is 1.39 bits per heavy atom. The average molecular weight is 247 g/mol. The molecule has 0 aliphatic carbocycles. The molecule has 0 aromatic heterocycles. The van der Waals surface area contributed by atoms with Crippen LogP contribution in [0.3, 0.4) is 0 Å². The molecule has 4 heteroatoms. The van der Waals surface area contributed by atoms with Gasteiger partial charge in [-0.15, -0.1) is 0 Å². The van der Waals surface area contributed by atoms with E-state index in [2.05, 4.69) is 10.6 Å². The van der Waals surface area contributed by atoms with E-state index < -0.39 is 0 Å². The maximum atomic E-state index is 11.5. The van der Waals surface area contributed by atoms with Crippen LogP contribution in [0.25, 0.3) is 0 Å². The van der Waals surface area contributed by atoms with Crippen molar-refractivity contribution in [3.05, 3.63) is 47.2 Å². The van der Waals surface area contributed by atoms with E-state index in [0.29, 0.717) is 13.1 Å². The summed E-state index contributed by atoms with van der Waals surface area (Å²) in [5.41, 5.74) is 8.81. The number of amides is 2. The number of carbonyl (C=O) groups is 1. The van der Waals surface area contributed by atoms with Crippen LogP contribution in [0, 0.1) is 0 Å². The molecule has 1 rings (SSSR count). The van der Waals surface area contributed by atoms with Crippen LogP contribution in [0.1, 0.15) is 31.4 Å². The highest BCUT2D eigenvalue weighted by Gasteiger charge is 1.99. The Balaban J connectivity index is 2.42. The molecule has 4 N–H and O–H groups in total. The maximum Gasteiger partial charge on any atom is 0.319 e. The monoisotopic (exact) mass is 247 g/mol. The number of hydrogen-bond donors (Lipinski definition) is 3. The number of hydrogen-bond acceptors (Lipinski definition) is 2. The highest BCUT2D eigenvalue weighted by Crippen LogP contribution is 2.04. The molecule has 0 bridgehead atoms. The lowest BCUT2D eigenvalue weighted by Gasteiger charge is -2.06. The summed E-state index contributed by atoms with van der Waals surface area (Å²) in [4.78, 5) is 11.5. The minimum atomic E-state index is -0.194. The molecule has 0 aliphatic heterocycles. The lowest BCUT2D eigenvalue weighted by molar-refractivity contribution is 0.243. The van der Waals surface area contributed by atoms with Gasteiger partial charge in [-0.2, -0.15) is 0 Å². The molecule has 0 radical (unpaired) electrons. The number of carbonyl (C=O) groups excluding carboxylic acids is 1. The number of allylic oxidation sites excluding steroid dienone is 1. The summed E-state index contributed by atoms with van der Waals surface area (Å²) in [6.07, 6.45) is 2.66. The molecule has 1 aromatic rings. The van der Waals surface area contributed by atoms with Gasteiger partial charge in [0.25, 0.3) is 0 Å². The van der Waals surface area contributed by atoms with Gasteiger partial charge >= 0.3 is 6.03 Å². The van der Waals surface area contributed by atoms with Crippen molar-refractivity contribution in [1.82, 2.24) is 10.6 Å². The first-order valence-corrected chi connectivity index (χ1v) is 6.13. The fourth-order valence-corrected chi connectivity index (χ4v) is 1.39. The van der Waals surface area contributed by atoms with Crippen LogP contribution >= 0.6 is 0 Å². The van der Waals surface area contributed by atoms with Gasteiger partial charge in [-0.05, 0) is 24.5 Å². The number of nitrogens with one attached hydrogen (secondary N) is 2. The van der Waals surface area contributed by atoms with Crippen molar-refractivity contribution in [3.8, 4) is 0 Å². The summed E-state index contributed by atoms with van der Waals surface area (Å²) in [6, 6.07) is 7.68. The van der Waals surface area contributed by atoms with Gasteiger partial charge in [-0.3, -0.25) is 0 Å². The maximum absolute atomic E-state index is 11.5. The summed E-state index contributed by atoms with van der Waals surface area (Å²) in [5, 5.41) is 5.49. The summed E-state index contributed by atoms with van der Waals surface area (Å²) < 4.78 is 0. The van der Waals surface area contributed by atoms with E-state index in [0.717, 1.165) is 23.1 Å². The van der Waals surface area contributed by atoms with E-state index in [1.807, 2.05) is 38.1 Å². The predicted molar refractivity (Wildman–Crippen MR) is 73.8 cm³/mol. The molecule has 0 fully saturated rings. The van der Waals surface area contributed by atoms with Crippen molar-refractivity contribution >= 4 is 6.03 Å². The van der Waals surface area contributed by atoms with E-state index in [1.165, 1.54) is 0 Å². The van der Waals surface area contributed by atoms with Crippen LogP contribution in [-0.2, 0) is 13.1 Å². The molecule has 0 spiro atoms. The fourth-order valence-electron chi connectivity index (χ4n) is 1.39. The first kappa shape index (κ1) is 14.3. The van der Waals surface area contributed by atoms with E-state index in [4.69, 9.17) is 5.73 Å². The van der Waals surface area contributed by atoms with Crippen molar-refractivity contribution in [2.45, 2.75) is 33.4 Å². The third kappa shape index (κ3) is 5.01. The van der Waals surface area contributed by atoms with Crippen molar-refractivity contribution < 1.29 is 4.79 Å². The van der Waals surface area contributed by atoms with E-state index in [-0.39, 0.29) is 6.03 Å². The van der Waals surface area contributed by atoms with E-state index >= 15 is 0 Å². The number of nitrogens with two attached hydrogens (primary N) is 1. The van der Waals surface area contributed by atoms with Gasteiger partial charge in [-0.25, -0.2) is 4.79 Å². The molecule has 0 unspecified atom stereocenters. The van der Waals surface area contributed by atoms with Gasteiger partial charge in [0.1, 0.15) is 0 Å². The number of benzene rings is 1. The average Bonchev–Trinajstić information content (AvgIpc) is 2.42. The zero-order chi connectivity index (χ0) is 13.4. The SMILES string of the molecule is CC/C(C)=C/NC(=O)NCc1cccc(CN)c1. The molecule has 0 aliphatic rings. The summed E-state index contributed by atoms with van der Waals surface area (Å²) in [7, 11) is 0. The zero-order valence-electron chi connectivity index (χ0n) is 11.0.